The lowest BCUT2D eigenvalue weighted by atomic mass is 10.0. The van der Waals surface area contributed by atoms with Crippen LogP contribution in [0.4, 0.5) is 16.2 Å². The Morgan fingerprint density at radius 2 is 1.65 bits per heavy atom. The SMILES string of the molecule is COc1ccc(-c2cnn(C)c2-c2cccc(NC(=O)Nc3ccc(Cl)cc3)c2)cc1. The topological polar surface area (TPSA) is 68.2 Å². The lowest BCUT2D eigenvalue weighted by molar-refractivity contribution is 0.262. The van der Waals surface area contributed by atoms with Crippen LogP contribution in [0.2, 0.25) is 5.02 Å². The number of anilines is 2. The van der Waals surface area contributed by atoms with Gasteiger partial charge in [0, 0.05) is 34.6 Å². The van der Waals surface area contributed by atoms with Crippen molar-refractivity contribution in [1.29, 1.82) is 0 Å². The van der Waals surface area contributed by atoms with Crippen LogP contribution in [0.3, 0.4) is 0 Å². The Bertz CT molecular complexity index is 1200. The van der Waals surface area contributed by atoms with Crippen LogP contribution in [-0.2, 0) is 7.05 Å². The fraction of sp³-hybridized carbons (Fsp3) is 0.0833. The van der Waals surface area contributed by atoms with Crippen LogP contribution in [0.25, 0.3) is 22.4 Å². The normalized spacial score (nSPS) is 10.5. The summed E-state index contributed by atoms with van der Waals surface area (Å²) in [6.45, 7) is 0. The summed E-state index contributed by atoms with van der Waals surface area (Å²) < 4.78 is 7.08. The Morgan fingerprint density at radius 3 is 2.35 bits per heavy atom. The molecule has 4 rings (SSSR count). The zero-order chi connectivity index (χ0) is 21.8. The predicted molar refractivity (Wildman–Crippen MR) is 125 cm³/mol. The molecule has 3 aromatic carbocycles. The summed E-state index contributed by atoms with van der Waals surface area (Å²) in [6.07, 6.45) is 1.84. The van der Waals surface area contributed by atoms with Gasteiger partial charge < -0.3 is 15.4 Å². The molecule has 0 saturated heterocycles. The van der Waals surface area contributed by atoms with E-state index in [1.54, 1.807) is 31.4 Å². The van der Waals surface area contributed by atoms with Gasteiger partial charge in [-0.15, -0.1) is 0 Å². The van der Waals surface area contributed by atoms with Crippen molar-refractivity contribution in [2.75, 3.05) is 17.7 Å². The summed E-state index contributed by atoms with van der Waals surface area (Å²) in [6, 6.07) is 22.1. The fourth-order valence-corrected chi connectivity index (χ4v) is 3.46. The minimum atomic E-state index is -0.333. The number of hydrogen-bond donors (Lipinski definition) is 2. The van der Waals surface area contributed by atoms with Crippen molar-refractivity contribution in [3.05, 3.63) is 84.0 Å². The maximum Gasteiger partial charge on any atom is 0.323 e. The molecule has 1 aromatic heterocycles. The lowest BCUT2D eigenvalue weighted by Gasteiger charge is -2.11. The third-order valence-electron chi connectivity index (χ3n) is 4.84. The van der Waals surface area contributed by atoms with Crippen LogP contribution in [-0.4, -0.2) is 22.9 Å². The summed E-state index contributed by atoms with van der Waals surface area (Å²) in [5.74, 6) is 0.798. The molecule has 156 valence electrons. The van der Waals surface area contributed by atoms with E-state index >= 15 is 0 Å². The van der Waals surface area contributed by atoms with E-state index in [1.165, 1.54) is 0 Å². The maximum absolute atomic E-state index is 12.4. The second-order valence-corrected chi connectivity index (χ2v) is 7.36. The number of halogens is 1. The molecular formula is C24H21ClN4O2. The van der Waals surface area contributed by atoms with Crippen molar-refractivity contribution in [3.63, 3.8) is 0 Å². The minimum Gasteiger partial charge on any atom is -0.497 e. The van der Waals surface area contributed by atoms with Gasteiger partial charge in [0.2, 0.25) is 0 Å². The number of hydrogen-bond acceptors (Lipinski definition) is 3. The molecule has 0 bridgehead atoms. The first-order chi connectivity index (χ1) is 15.0. The molecular weight excluding hydrogens is 412 g/mol. The van der Waals surface area contributed by atoms with Crippen LogP contribution in [0, 0.1) is 0 Å². The van der Waals surface area contributed by atoms with Crippen molar-refractivity contribution in [2.45, 2.75) is 0 Å². The molecule has 0 atom stereocenters. The Morgan fingerprint density at radius 1 is 0.935 bits per heavy atom. The van der Waals surface area contributed by atoms with E-state index in [1.807, 2.05) is 66.5 Å². The van der Waals surface area contributed by atoms with Gasteiger partial charge in [-0.1, -0.05) is 35.9 Å². The van der Waals surface area contributed by atoms with Crippen molar-refractivity contribution >= 4 is 29.0 Å². The Balaban J connectivity index is 1.57. The second-order valence-electron chi connectivity index (χ2n) is 6.93. The van der Waals surface area contributed by atoms with Gasteiger partial charge in [0.15, 0.2) is 0 Å². The first kappa shape index (κ1) is 20.5. The van der Waals surface area contributed by atoms with Crippen molar-refractivity contribution in [3.8, 4) is 28.1 Å². The zero-order valence-corrected chi connectivity index (χ0v) is 17.9. The molecule has 2 amide bonds. The van der Waals surface area contributed by atoms with Gasteiger partial charge in [-0.2, -0.15) is 5.10 Å². The molecule has 2 N–H and O–H groups in total. The largest absolute Gasteiger partial charge is 0.497 e. The maximum atomic E-state index is 12.4. The van der Waals surface area contributed by atoms with Crippen molar-refractivity contribution < 1.29 is 9.53 Å². The molecule has 0 unspecified atom stereocenters. The number of aromatic nitrogens is 2. The lowest BCUT2D eigenvalue weighted by Crippen LogP contribution is -2.19. The van der Waals surface area contributed by atoms with Gasteiger partial charge in [-0.05, 0) is 54.1 Å². The van der Waals surface area contributed by atoms with Crippen LogP contribution < -0.4 is 15.4 Å². The monoisotopic (exact) mass is 432 g/mol. The number of rotatable bonds is 5. The number of methoxy groups -OCH3 is 1. The highest BCUT2D eigenvalue weighted by molar-refractivity contribution is 6.30. The van der Waals surface area contributed by atoms with E-state index in [2.05, 4.69) is 15.7 Å². The second kappa shape index (κ2) is 8.93. The van der Waals surface area contributed by atoms with Crippen LogP contribution in [0.5, 0.6) is 5.75 Å². The summed E-state index contributed by atoms with van der Waals surface area (Å²) in [5.41, 5.74) is 5.25. The van der Waals surface area contributed by atoms with Crippen LogP contribution in [0.15, 0.2) is 79.0 Å². The quantitative estimate of drug-likeness (QED) is 0.402. The molecule has 1 heterocycles. The van der Waals surface area contributed by atoms with Gasteiger partial charge >= 0.3 is 6.03 Å². The van der Waals surface area contributed by atoms with Gasteiger partial charge in [0.25, 0.3) is 0 Å². The fourth-order valence-electron chi connectivity index (χ4n) is 3.33. The average Bonchev–Trinajstić information content (AvgIpc) is 3.17. The first-order valence-electron chi connectivity index (χ1n) is 9.64. The number of carbonyl (C=O) groups excluding carboxylic acids is 1. The average molecular weight is 433 g/mol. The van der Waals surface area contributed by atoms with Gasteiger partial charge in [-0.25, -0.2) is 4.79 Å². The highest BCUT2D eigenvalue weighted by Crippen LogP contribution is 2.33. The molecule has 31 heavy (non-hydrogen) atoms. The van der Waals surface area contributed by atoms with Gasteiger partial charge in [0.1, 0.15) is 5.75 Å². The summed E-state index contributed by atoms with van der Waals surface area (Å²) in [7, 11) is 3.54. The van der Waals surface area contributed by atoms with Gasteiger partial charge in [0.05, 0.1) is 19.0 Å². The number of ether oxygens (including phenoxy) is 1. The highest BCUT2D eigenvalue weighted by atomic mass is 35.5. The van der Waals surface area contributed by atoms with Crippen LogP contribution >= 0.6 is 11.6 Å². The smallest absolute Gasteiger partial charge is 0.323 e. The number of benzene rings is 3. The standard InChI is InChI=1S/C24H21ClN4O2/c1-29-23(22(15-26-29)16-6-12-21(31-2)13-7-16)17-4-3-5-20(14-17)28-24(30)27-19-10-8-18(25)9-11-19/h3-15H,1-2H3,(H2,27,28,30). The van der Waals surface area contributed by atoms with Crippen LogP contribution in [0.1, 0.15) is 0 Å². The van der Waals surface area contributed by atoms with E-state index < -0.39 is 0 Å². The molecule has 0 saturated carbocycles. The van der Waals surface area contributed by atoms with E-state index in [0.29, 0.717) is 16.4 Å². The summed E-state index contributed by atoms with van der Waals surface area (Å²) in [4.78, 5) is 12.4. The molecule has 0 aliphatic heterocycles. The molecule has 0 fully saturated rings. The summed E-state index contributed by atoms with van der Waals surface area (Å²) in [5, 5.41) is 10.7. The molecule has 6 nitrogen and oxygen atoms in total. The van der Waals surface area contributed by atoms with Crippen molar-refractivity contribution in [2.24, 2.45) is 7.05 Å². The Kier molecular flexibility index (Phi) is 5.91. The number of carbonyl (C=O) groups is 1. The number of nitrogens with one attached hydrogen (secondary N) is 2. The van der Waals surface area contributed by atoms with E-state index in [0.717, 1.165) is 28.1 Å². The van der Waals surface area contributed by atoms with E-state index in [4.69, 9.17) is 16.3 Å². The number of urea groups is 1. The molecule has 0 radical (unpaired) electrons. The Hall–Kier alpha value is -3.77. The molecule has 0 aliphatic carbocycles. The zero-order valence-electron chi connectivity index (χ0n) is 17.1. The number of aryl methyl sites for hydroxylation is 1. The first-order valence-corrected chi connectivity index (χ1v) is 10.0. The van der Waals surface area contributed by atoms with E-state index in [9.17, 15) is 4.79 Å². The van der Waals surface area contributed by atoms with Gasteiger partial charge in [-0.3, -0.25) is 4.68 Å². The third kappa shape index (κ3) is 4.70. The predicted octanol–water partition coefficient (Wildman–Crippen LogP) is 6.06. The minimum absolute atomic E-state index is 0.333. The number of amides is 2. The molecule has 4 aromatic rings. The molecule has 7 heteroatoms. The molecule has 0 spiro atoms. The summed E-state index contributed by atoms with van der Waals surface area (Å²) >= 11 is 5.89. The number of nitrogens with zero attached hydrogens (tertiary/aromatic N) is 2. The molecule has 0 aliphatic rings. The van der Waals surface area contributed by atoms with Crippen molar-refractivity contribution in [1.82, 2.24) is 9.78 Å². The van der Waals surface area contributed by atoms with E-state index in [-0.39, 0.29) is 6.03 Å². The Labute approximate surface area is 185 Å². The highest BCUT2D eigenvalue weighted by Gasteiger charge is 2.14. The third-order valence-corrected chi connectivity index (χ3v) is 5.09.